The van der Waals surface area contributed by atoms with E-state index in [0.29, 0.717) is 12.3 Å². The molecule has 0 aromatic carbocycles. The van der Waals surface area contributed by atoms with Gasteiger partial charge in [-0.25, -0.2) is 4.39 Å². The van der Waals surface area contributed by atoms with Crippen LogP contribution in [0.4, 0.5) is 4.39 Å². The van der Waals surface area contributed by atoms with Crippen LogP contribution in [0, 0.1) is 5.92 Å². The number of nitrogens with zero attached hydrogens (tertiary/aromatic N) is 2. The van der Waals surface area contributed by atoms with Gasteiger partial charge in [0, 0.05) is 13.0 Å². The van der Waals surface area contributed by atoms with Crippen molar-refractivity contribution in [3.05, 3.63) is 24.7 Å². The molecule has 0 radical (unpaired) electrons. The van der Waals surface area contributed by atoms with Crippen molar-refractivity contribution in [1.82, 2.24) is 4.90 Å². The van der Waals surface area contributed by atoms with Gasteiger partial charge in [0.05, 0.1) is 11.9 Å². The van der Waals surface area contributed by atoms with Crippen LogP contribution in [-0.4, -0.2) is 23.3 Å². The topological polar surface area (TPSA) is 15.6 Å². The lowest BCUT2D eigenvalue weighted by Gasteiger charge is -2.32. The molecule has 0 aromatic rings. The summed E-state index contributed by atoms with van der Waals surface area (Å²) in [6.45, 7) is 14.6. The molecule has 2 nitrogen and oxygen atoms in total. The molecule has 0 fully saturated rings. The highest BCUT2D eigenvalue weighted by atomic mass is 19.1. The number of allylic oxidation sites excluding steroid dienone is 1. The van der Waals surface area contributed by atoms with E-state index in [1.54, 1.807) is 12.3 Å². The first kappa shape index (κ1) is 16.9. The lowest BCUT2D eigenvalue weighted by molar-refractivity contribution is 0.358. The van der Waals surface area contributed by atoms with E-state index in [4.69, 9.17) is 0 Å². The summed E-state index contributed by atoms with van der Waals surface area (Å²) in [7, 11) is 0. The quantitative estimate of drug-likeness (QED) is 0.481. The Bertz CT molecular complexity index is 306. The van der Waals surface area contributed by atoms with Gasteiger partial charge in [-0.15, -0.1) is 0 Å². The van der Waals surface area contributed by atoms with E-state index in [1.807, 2.05) is 18.7 Å². The van der Waals surface area contributed by atoms with Crippen LogP contribution in [0.5, 0.6) is 0 Å². The second kappa shape index (κ2) is 8.90. The van der Waals surface area contributed by atoms with Crippen LogP contribution in [0.2, 0.25) is 0 Å². The lowest BCUT2D eigenvalue weighted by Crippen LogP contribution is -2.38. The van der Waals surface area contributed by atoms with Gasteiger partial charge < -0.3 is 4.90 Å². The molecule has 0 saturated carbocycles. The highest BCUT2D eigenvalue weighted by Crippen LogP contribution is 2.18. The zero-order chi connectivity index (χ0) is 14.1. The van der Waals surface area contributed by atoms with Crippen molar-refractivity contribution >= 4 is 5.84 Å². The molecule has 3 heteroatoms. The molecule has 1 atom stereocenters. The van der Waals surface area contributed by atoms with Crippen LogP contribution >= 0.6 is 0 Å². The van der Waals surface area contributed by atoms with Crippen LogP contribution < -0.4 is 0 Å². The van der Waals surface area contributed by atoms with Crippen LogP contribution in [0.15, 0.2) is 29.7 Å². The van der Waals surface area contributed by atoms with Crippen molar-refractivity contribution in [1.29, 1.82) is 0 Å². The molecule has 1 unspecified atom stereocenters. The van der Waals surface area contributed by atoms with E-state index in [0.717, 1.165) is 18.8 Å². The fourth-order valence-electron chi connectivity index (χ4n) is 1.85. The molecule has 0 amide bonds. The predicted octanol–water partition coefficient (Wildman–Crippen LogP) is 4.55. The van der Waals surface area contributed by atoms with Crippen LogP contribution in [0.1, 0.15) is 47.5 Å². The molecule has 0 heterocycles. The van der Waals surface area contributed by atoms with Crippen LogP contribution in [-0.2, 0) is 0 Å². The van der Waals surface area contributed by atoms with Crippen molar-refractivity contribution in [2.24, 2.45) is 10.9 Å². The van der Waals surface area contributed by atoms with Crippen molar-refractivity contribution in [2.75, 3.05) is 6.54 Å². The van der Waals surface area contributed by atoms with E-state index in [-0.39, 0.29) is 11.9 Å². The molecule has 104 valence electrons. The minimum Gasteiger partial charge on any atom is -0.330 e. The number of halogens is 1. The molecule has 0 N–H and O–H groups in total. The summed E-state index contributed by atoms with van der Waals surface area (Å²) in [5, 5.41) is 0. The summed E-state index contributed by atoms with van der Waals surface area (Å²) >= 11 is 0. The third-order valence-corrected chi connectivity index (χ3v) is 2.85. The summed E-state index contributed by atoms with van der Waals surface area (Å²) in [4.78, 5) is 6.46. The maximum absolute atomic E-state index is 13.6. The minimum absolute atomic E-state index is 0.0206. The molecule has 0 aliphatic heterocycles. The molecule has 18 heavy (non-hydrogen) atoms. The monoisotopic (exact) mass is 254 g/mol. The van der Waals surface area contributed by atoms with Gasteiger partial charge in [0.25, 0.3) is 0 Å². The molecule has 0 saturated heterocycles. The molecule has 0 rings (SSSR count). The summed E-state index contributed by atoms with van der Waals surface area (Å²) in [5.74, 6) is 1.19. The molecule has 0 aliphatic carbocycles. The van der Waals surface area contributed by atoms with Gasteiger partial charge >= 0.3 is 0 Å². The average Bonchev–Trinajstić information content (AvgIpc) is 2.36. The Morgan fingerprint density at radius 3 is 2.22 bits per heavy atom. The number of hydrogen-bond donors (Lipinski definition) is 0. The summed E-state index contributed by atoms with van der Waals surface area (Å²) in [5.41, 5.74) is 0. The maximum Gasteiger partial charge on any atom is 0.103 e. The Morgan fingerprint density at radius 2 is 1.89 bits per heavy atom. The maximum atomic E-state index is 13.6. The van der Waals surface area contributed by atoms with Gasteiger partial charge in [0.1, 0.15) is 5.84 Å². The normalized spacial score (nSPS) is 14.8. The highest BCUT2D eigenvalue weighted by molar-refractivity contribution is 5.83. The first-order chi connectivity index (χ1) is 8.51. The zero-order valence-corrected chi connectivity index (χ0v) is 12.4. The molecule has 0 aliphatic rings. The summed E-state index contributed by atoms with van der Waals surface area (Å²) < 4.78 is 13.6. The lowest BCUT2D eigenvalue weighted by atomic mass is 10.0. The second-order valence-electron chi connectivity index (χ2n) is 4.54. The standard InChI is InChI=1S/C15H27FN2/c1-7-13(16)11-14(12(5)6)18(10-4)15(8-2)17-9-3/h10-12,14H,4,7-9H2,1-3,5-6H3/b13-11?,17-15-. The van der Waals surface area contributed by atoms with Crippen LogP contribution in [0.3, 0.4) is 0 Å². The average molecular weight is 254 g/mol. The molecular weight excluding hydrogens is 227 g/mol. The van der Waals surface area contributed by atoms with Gasteiger partial charge in [0.15, 0.2) is 0 Å². The van der Waals surface area contributed by atoms with Crippen LogP contribution in [0.25, 0.3) is 0 Å². The summed E-state index contributed by atoms with van der Waals surface area (Å²) in [6, 6.07) is -0.0206. The molecule has 0 spiro atoms. The Hall–Kier alpha value is -1.12. The summed E-state index contributed by atoms with van der Waals surface area (Å²) in [6.07, 6.45) is 4.69. The van der Waals surface area contributed by atoms with Gasteiger partial charge in [-0.3, -0.25) is 4.99 Å². The molecule has 0 aromatic heterocycles. The number of rotatable bonds is 7. The number of aliphatic imine (C=N–C) groups is 1. The van der Waals surface area contributed by atoms with Gasteiger partial charge in [0.2, 0.25) is 0 Å². The van der Waals surface area contributed by atoms with E-state index >= 15 is 0 Å². The fourth-order valence-corrected chi connectivity index (χ4v) is 1.85. The third kappa shape index (κ3) is 5.03. The largest absolute Gasteiger partial charge is 0.330 e. The fraction of sp³-hybridized carbons (Fsp3) is 0.667. The first-order valence-corrected chi connectivity index (χ1v) is 6.82. The van der Waals surface area contributed by atoms with E-state index in [2.05, 4.69) is 32.3 Å². The smallest absolute Gasteiger partial charge is 0.103 e. The predicted molar refractivity (Wildman–Crippen MR) is 78.4 cm³/mol. The van der Waals surface area contributed by atoms with E-state index < -0.39 is 0 Å². The zero-order valence-electron chi connectivity index (χ0n) is 12.4. The highest BCUT2D eigenvalue weighted by Gasteiger charge is 2.20. The van der Waals surface area contributed by atoms with E-state index in [9.17, 15) is 4.39 Å². The van der Waals surface area contributed by atoms with Crippen molar-refractivity contribution < 1.29 is 4.39 Å². The van der Waals surface area contributed by atoms with Crippen molar-refractivity contribution in [3.8, 4) is 0 Å². The Labute approximate surface area is 111 Å². The van der Waals surface area contributed by atoms with Crippen molar-refractivity contribution in [2.45, 2.75) is 53.5 Å². The van der Waals surface area contributed by atoms with Gasteiger partial charge in [-0.2, -0.15) is 0 Å². The molecular formula is C15H27FN2. The van der Waals surface area contributed by atoms with E-state index in [1.165, 1.54) is 0 Å². The van der Waals surface area contributed by atoms with Crippen molar-refractivity contribution in [3.63, 3.8) is 0 Å². The first-order valence-electron chi connectivity index (χ1n) is 6.82. The molecule has 0 bridgehead atoms. The second-order valence-corrected chi connectivity index (χ2v) is 4.54. The Balaban J connectivity index is 5.29. The number of hydrogen-bond acceptors (Lipinski definition) is 1. The minimum atomic E-state index is -0.0764. The van der Waals surface area contributed by atoms with Gasteiger partial charge in [-0.05, 0) is 31.5 Å². The third-order valence-electron chi connectivity index (χ3n) is 2.85. The Morgan fingerprint density at radius 1 is 1.28 bits per heavy atom. The number of amidine groups is 1. The van der Waals surface area contributed by atoms with Gasteiger partial charge in [-0.1, -0.05) is 34.3 Å². The Kier molecular flexibility index (Phi) is 8.34. The SMILES string of the molecule is C=CN(/C(CC)=N\CC)C(C=C(F)CC)C(C)C.